The first-order chi connectivity index (χ1) is 16.3. The number of hydrogen-bond acceptors (Lipinski definition) is 6. The van der Waals surface area contributed by atoms with Crippen molar-refractivity contribution in [3.05, 3.63) is 87.4 Å². The van der Waals surface area contributed by atoms with E-state index in [1.807, 2.05) is 0 Å². The lowest BCUT2D eigenvalue weighted by Gasteiger charge is -2.26. The Balaban J connectivity index is 2.03. The largest absolute Gasteiger partial charge is 0.508 e. The number of phenolic OH excluding ortho intramolecular Hbond substituents is 1. The van der Waals surface area contributed by atoms with Gasteiger partial charge in [-0.15, -0.1) is 0 Å². The minimum atomic E-state index is -1.08. The molecule has 2 N–H and O–H groups in total. The van der Waals surface area contributed by atoms with Gasteiger partial charge in [-0.1, -0.05) is 41.4 Å². The highest BCUT2D eigenvalue weighted by Crippen LogP contribution is 2.46. The minimum Gasteiger partial charge on any atom is -0.508 e. The van der Waals surface area contributed by atoms with E-state index in [0.717, 1.165) is 0 Å². The van der Waals surface area contributed by atoms with Crippen molar-refractivity contribution in [2.75, 3.05) is 19.1 Å². The molecule has 9 heteroatoms. The lowest BCUT2D eigenvalue weighted by molar-refractivity contribution is -0.132. The molecule has 174 valence electrons. The summed E-state index contributed by atoms with van der Waals surface area (Å²) in [5.41, 5.74) is 0.589. The van der Waals surface area contributed by atoms with Crippen molar-refractivity contribution in [1.82, 2.24) is 0 Å². The molecule has 0 aromatic heterocycles. The van der Waals surface area contributed by atoms with Gasteiger partial charge in [-0.05, 0) is 48.0 Å². The molecule has 3 aromatic carbocycles. The van der Waals surface area contributed by atoms with Crippen LogP contribution >= 0.6 is 23.2 Å². The van der Waals surface area contributed by atoms with Crippen molar-refractivity contribution < 1.29 is 29.3 Å². The molecule has 0 aliphatic carbocycles. The second-order valence-electron chi connectivity index (χ2n) is 7.40. The van der Waals surface area contributed by atoms with Crippen molar-refractivity contribution in [2.24, 2.45) is 0 Å². The van der Waals surface area contributed by atoms with E-state index in [1.165, 1.54) is 43.4 Å². The summed E-state index contributed by atoms with van der Waals surface area (Å²) in [6.07, 6.45) is 0. The lowest BCUT2D eigenvalue weighted by Crippen LogP contribution is -2.29. The van der Waals surface area contributed by atoms with Gasteiger partial charge in [0.05, 0.1) is 35.9 Å². The number of aliphatic hydroxyl groups is 1. The molecule has 1 amide bonds. The second kappa shape index (κ2) is 9.29. The third-order valence-corrected chi connectivity index (χ3v) is 6.22. The Labute approximate surface area is 205 Å². The average molecular weight is 500 g/mol. The fraction of sp³-hybridized carbons (Fsp3) is 0.120. The Kier molecular flexibility index (Phi) is 6.41. The highest BCUT2D eigenvalue weighted by Gasteiger charge is 2.47. The van der Waals surface area contributed by atoms with Crippen LogP contribution in [0.3, 0.4) is 0 Å². The zero-order valence-corrected chi connectivity index (χ0v) is 19.6. The maximum atomic E-state index is 13.3. The molecule has 34 heavy (non-hydrogen) atoms. The summed E-state index contributed by atoms with van der Waals surface area (Å²) in [5, 5.41) is 22.0. The number of nitrogens with zero attached hydrogens (tertiary/aromatic N) is 1. The van der Waals surface area contributed by atoms with Gasteiger partial charge in [-0.3, -0.25) is 14.5 Å². The van der Waals surface area contributed by atoms with E-state index in [4.69, 9.17) is 32.7 Å². The molecule has 1 fully saturated rings. The highest BCUT2D eigenvalue weighted by molar-refractivity contribution is 6.52. The summed E-state index contributed by atoms with van der Waals surface area (Å²) in [6.45, 7) is 0. The number of carbonyl (C=O) groups excluding carboxylic acids is 2. The fourth-order valence-electron chi connectivity index (χ4n) is 3.96. The zero-order valence-electron chi connectivity index (χ0n) is 18.1. The normalized spacial score (nSPS) is 17.2. The van der Waals surface area contributed by atoms with Crippen molar-refractivity contribution in [3.8, 4) is 17.2 Å². The van der Waals surface area contributed by atoms with E-state index < -0.39 is 23.5 Å². The van der Waals surface area contributed by atoms with Gasteiger partial charge in [0, 0.05) is 5.69 Å². The van der Waals surface area contributed by atoms with Crippen molar-refractivity contribution in [1.29, 1.82) is 0 Å². The molecule has 0 spiro atoms. The maximum absolute atomic E-state index is 13.3. The Bertz CT molecular complexity index is 1310. The molecule has 1 atom stereocenters. The van der Waals surface area contributed by atoms with Gasteiger partial charge in [-0.25, -0.2) is 0 Å². The van der Waals surface area contributed by atoms with Gasteiger partial charge in [-0.2, -0.15) is 0 Å². The Morgan fingerprint density at radius 1 is 0.912 bits per heavy atom. The first kappa shape index (κ1) is 23.5. The maximum Gasteiger partial charge on any atom is 0.300 e. The van der Waals surface area contributed by atoms with Gasteiger partial charge in [0.15, 0.2) is 0 Å². The van der Waals surface area contributed by atoms with Gasteiger partial charge in [0.1, 0.15) is 28.6 Å². The van der Waals surface area contributed by atoms with Crippen LogP contribution in [0.1, 0.15) is 17.2 Å². The van der Waals surface area contributed by atoms with Crippen LogP contribution in [0.15, 0.2) is 66.2 Å². The third kappa shape index (κ3) is 3.93. The van der Waals surface area contributed by atoms with E-state index in [9.17, 15) is 19.8 Å². The summed E-state index contributed by atoms with van der Waals surface area (Å²) >= 11 is 12.2. The molecule has 0 saturated carbocycles. The standard InChI is InChI=1S/C25H19Cl2NO6/c1-33-18-7-4-8-19(34-2)20(18)23(30)21-22(13-5-3-6-15(29)11-13)28(25(32)24(21)31)14-9-10-16(26)17(27)12-14/h3-12,22,29-30H,1-2H3/b23-21+. The molecule has 1 saturated heterocycles. The lowest BCUT2D eigenvalue weighted by atomic mass is 9.94. The molecule has 1 aliphatic rings. The van der Waals surface area contributed by atoms with E-state index in [-0.39, 0.29) is 44.1 Å². The summed E-state index contributed by atoms with van der Waals surface area (Å²) in [6, 6.07) is 14.3. The number of carbonyl (C=O) groups is 2. The molecule has 0 radical (unpaired) electrons. The van der Waals surface area contributed by atoms with Gasteiger partial charge in [0.2, 0.25) is 0 Å². The SMILES string of the molecule is COc1cccc(OC)c1/C(O)=C1\C(=O)C(=O)N(c2ccc(Cl)c(Cl)c2)C1c1cccc(O)c1. The van der Waals surface area contributed by atoms with E-state index >= 15 is 0 Å². The topological polar surface area (TPSA) is 96.3 Å². The predicted molar refractivity (Wildman–Crippen MR) is 129 cm³/mol. The quantitative estimate of drug-likeness (QED) is 0.279. The minimum absolute atomic E-state index is 0.0768. The van der Waals surface area contributed by atoms with Gasteiger partial charge < -0.3 is 19.7 Å². The molecule has 4 rings (SSSR count). The van der Waals surface area contributed by atoms with E-state index in [2.05, 4.69) is 0 Å². The molecule has 0 bridgehead atoms. The van der Waals surface area contributed by atoms with Crippen LogP contribution in [0, 0.1) is 0 Å². The van der Waals surface area contributed by atoms with Crippen molar-refractivity contribution >= 4 is 46.3 Å². The highest BCUT2D eigenvalue weighted by atomic mass is 35.5. The monoisotopic (exact) mass is 499 g/mol. The first-order valence-electron chi connectivity index (χ1n) is 10.0. The Morgan fingerprint density at radius 3 is 2.15 bits per heavy atom. The number of rotatable bonds is 5. The Morgan fingerprint density at radius 2 is 1.56 bits per heavy atom. The van der Waals surface area contributed by atoms with Crippen LogP contribution in [-0.4, -0.2) is 36.1 Å². The van der Waals surface area contributed by atoms with Crippen molar-refractivity contribution in [2.45, 2.75) is 6.04 Å². The number of ether oxygens (including phenoxy) is 2. The van der Waals surface area contributed by atoms with Crippen LogP contribution < -0.4 is 14.4 Å². The number of halogens is 2. The summed E-state index contributed by atoms with van der Waals surface area (Å²) in [7, 11) is 2.82. The zero-order chi connectivity index (χ0) is 24.6. The number of Topliss-reactive ketones (excluding diaryl/α,β-unsaturated/α-hetero) is 1. The number of benzene rings is 3. The van der Waals surface area contributed by atoms with E-state index in [0.29, 0.717) is 5.56 Å². The second-order valence-corrected chi connectivity index (χ2v) is 8.21. The van der Waals surface area contributed by atoms with Crippen LogP contribution in [0.2, 0.25) is 10.0 Å². The van der Waals surface area contributed by atoms with E-state index in [1.54, 1.807) is 36.4 Å². The summed E-state index contributed by atoms with van der Waals surface area (Å²) in [5.74, 6) is -1.89. The predicted octanol–water partition coefficient (Wildman–Crippen LogP) is 5.34. The van der Waals surface area contributed by atoms with Crippen LogP contribution in [-0.2, 0) is 9.59 Å². The molecule has 1 unspecified atom stereocenters. The number of hydrogen-bond donors (Lipinski definition) is 2. The number of anilines is 1. The van der Waals surface area contributed by atoms with Gasteiger partial charge >= 0.3 is 0 Å². The van der Waals surface area contributed by atoms with Gasteiger partial charge in [0.25, 0.3) is 11.7 Å². The summed E-state index contributed by atoms with van der Waals surface area (Å²) in [4.78, 5) is 27.8. The average Bonchev–Trinajstić information content (AvgIpc) is 3.10. The third-order valence-electron chi connectivity index (χ3n) is 5.48. The van der Waals surface area contributed by atoms with Crippen LogP contribution in [0.4, 0.5) is 5.69 Å². The number of phenols is 1. The number of ketones is 1. The summed E-state index contributed by atoms with van der Waals surface area (Å²) < 4.78 is 10.7. The molecular weight excluding hydrogens is 481 g/mol. The number of amides is 1. The molecular formula is C25H19Cl2NO6. The number of aliphatic hydroxyl groups excluding tert-OH is 1. The first-order valence-corrected chi connectivity index (χ1v) is 10.8. The fourth-order valence-corrected chi connectivity index (χ4v) is 4.26. The Hall–Kier alpha value is -3.68. The molecule has 1 aliphatic heterocycles. The molecule has 1 heterocycles. The smallest absolute Gasteiger partial charge is 0.300 e. The molecule has 3 aromatic rings. The van der Waals surface area contributed by atoms with Crippen LogP contribution in [0.25, 0.3) is 5.76 Å². The number of aromatic hydroxyl groups is 1. The van der Waals surface area contributed by atoms with Crippen molar-refractivity contribution in [3.63, 3.8) is 0 Å². The van der Waals surface area contributed by atoms with Crippen LogP contribution in [0.5, 0.6) is 17.2 Å². The number of methoxy groups -OCH3 is 2. The molecule has 7 nitrogen and oxygen atoms in total.